The predicted octanol–water partition coefficient (Wildman–Crippen LogP) is 2.64. The van der Waals surface area contributed by atoms with Gasteiger partial charge in [-0.25, -0.2) is 23.8 Å². The van der Waals surface area contributed by atoms with E-state index in [1.807, 2.05) is 0 Å². The first-order valence-electron chi connectivity index (χ1n) is 8.46. The zero-order valence-electron chi connectivity index (χ0n) is 16.2. The number of rotatable bonds is 5. The van der Waals surface area contributed by atoms with Crippen molar-refractivity contribution in [2.45, 2.75) is 13.8 Å². The molecule has 0 aliphatic carbocycles. The second kappa shape index (κ2) is 11.0. The van der Waals surface area contributed by atoms with Crippen LogP contribution in [-0.2, 0) is 14.3 Å². The van der Waals surface area contributed by atoms with E-state index >= 15 is 0 Å². The zero-order chi connectivity index (χ0) is 22.8. The van der Waals surface area contributed by atoms with Crippen molar-refractivity contribution in [2.75, 3.05) is 23.4 Å². The number of aliphatic carboxylic acids is 2. The highest BCUT2D eigenvalue weighted by Crippen LogP contribution is 2.34. The molecule has 1 aromatic heterocycles. The summed E-state index contributed by atoms with van der Waals surface area (Å²) in [5.74, 6) is -2.79. The second-order valence-electron chi connectivity index (χ2n) is 5.62. The lowest BCUT2D eigenvalue weighted by Crippen LogP contribution is -2.17. The Morgan fingerprint density at radius 2 is 1.67 bits per heavy atom. The molecule has 0 bridgehead atoms. The number of hydrogen-bond acceptors (Lipinski definition) is 7. The van der Waals surface area contributed by atoms with Gasteiger partial charge in [0.1, 0.15) is 17.3 Å². The SMILES string of the molecule is CCOC(=O)Nc1c(N)nc(-c2ccc(F)cc2)c(C)c1N.O=C(O)C=CC(=O)O. The van der Waals surface area contributed by atoms with Crippen molar-refractivity contribution in [3.8, 4) is 11.3 Å². The summed E-state index contributed by atoms with van der Waals surface area (Å²) in [7, 11) is 0. The van der Waals surface area contributed by atoms with E-state index < -0.39 is 18.0 Å². The molecule has 0 saturated heterocycles. The van der Waals surface area contributed by atoms with Gasteiger partial charge in [-0.1, -0.05) is 0 Å². The van der Waals surface area contributed by atoms with Gasteiger partial charge < -0.3 is 26.4 Å². The van der Waals surface area contributed by atoms with Crippen molar-refractivity contribution in [2.24, 2.45) is 0 Å². The summed E-state index contributed by atoms with van der Waals surface area (Å²) in [5, 5.41) is 18.1. The van der Waals surface area contributed by atoms with Crippen LogP contribution in [0.25, 0.3) is 11.3 Å². The average Bonchev–Trinajstić information content (AvgIpc) is 2.68. The normalized spacial score (nSPS) is 10.1. The molecule has 0 fully saturated rings. The minimum atomic E-state index is -1.26. The van der Waals surface area contributed by atoms with E-state index in [0.29, 0.717) is 34.7 Å². The van der Waals surface area contributed by atoms with Gasteiger partial charge in [-0.2, -0.15) is 0 Å². The highest BCUT2D eigenvalue weighted by atomic mass is 19.1. The summed E-state index contributed by atoms with van der Waals surface area (Å²) in [6.07, 6.45) is 0.460. The predicted molar refractivity (Wildman–Crippen MR) is 108 cm³/mol. The molecule has 0 unspecified atom stereocenters. The topological polar surface area (TPSA) is 178 Å². The molecule has 2 rings (SSSR count). The van der Waals surface area contributed by atoms with Crippen molar-refractivity contribution < 1.29 is 33.7 Å². The van der Waals surface area contributed by atoms with Crippen LogP contribution in [0.2, 0.25) is 0 Å². The molecular weight excluding hydrogens is 399 g/mol. The third kappa shape index (κ3) is 7.11. The van der Waals surface area contributed by atoms with Crippen molar-refractivity contribution >= 4 is 35.2 Å². The van der Waals surface area contributed by atoms with Crippen LogP contribution in [0.1, 0.15) is 12.5 Å². The molecule has 0 aliphatic heterocycles. The van der Waals surface area contributed by atoms with E-state index in [1.165, 1.54) is 12.1 Å². The van der Waals surface area contributed by atoms with Crippen LogP contribution in [-0.4, -0.2) is 39.8 Å². The minimum Gasteiger partial charge on any atom is -0.478 e. The quantitative estimate of drug-likeness (QED) is 0.455. The van der Waals surface area contributed by atoms with E-state index in [0.717, 1.165) is 0 Å². The zero-order valence-corrected chi connectivity index (χ0v) is 16.2. The maximum Gasteiger partial charge on any atom is 0.411 e. The maximum atomic E-state index is 13.0. The summed E-state index contributed by atoms with van der Waals surface area (Å²) in [6, 6.07) is 5.82. The smallest absolute Gasteiger partial charge is 0.411 e. The molecule has 11 heteroatoms. The molecule has 30 heavy (non-hydrogen) atoms. The number of benzene rings is 1. The van der Waals surface area contributed by atoms with Crippen LogP contribution in [0.4, 0.5) is 26.4 Å². The molecule has 0 aliphatic rings. The Morgan fingerprint density at radius 3 is 2.13 bits per heavy atom. The molecule has 1 aromatic carbocycles. The van der Waals surface area contributed by atoms with E-state index in [-0.39, 0.29) is 23.9 Å². The largest absolute Gasteiger partial charge is 0.478 e. The van der Waals surface area contributed by atoms with Gasteiger partial charge in [-0.15, -0.1) is 0 Å². The lowest BCUT2D eigenvalue weighted by molar-refractivity contribution is -0.134. The molecule has 0 radical (unpaired) electrons. The van der Waals surface area contributed by atoms with Crippen LogP contribution in [0.3, 0.4) is 0 Å². The van der Waals surface area contributed by atoms with Crippen molar-refractivity contribution in [1.29, 1.82) is 0 Å². The fourth-order valence-electron chi connectivity index (χ4n) is 2.15. The Kier molecular flexibility index (Phi) is 8.76. The van der Waals surface area contributed by atoms with E-state index in [9.17, 15) is 18.8 Å². The maximum absolute atomic E-state index is 13.0. The van der Waals surface area contributed by atoms with Gasteiger partial charge in [0.15, 0.2) is 0 Å². The fraction of sp³-hybridized carbons (Fsp3) is 0.158. The molecule has 1 amide bonds. The van der Waals surface area contributed by atoms with Crippen molar-refractivity contribution in [3.05, 3.63) is 47.8 Å². The van der Waals surface area contributed by atoms with Gasteiger partial charge in [0.25, 0.3) is 0 Å². The van der Waals surface area contributed by atoms with Crippen molar-refractivity contribution in [1.82, 2.24) is 4.98 Å². The Morgan fingerprint density at radius 1 is 1.13 bits per heavy atom. The number of halogens is 1. The van der Waals surface area contributed by atoms with Gasteiger partial charge in [-0.3, -0.25) is 5.32 Å². The minimum absolute atomic E-state index is 0.0653. The third-order valence-corrected chi connectivity index (χ3v) is 3.51. The number of ether oxygens (including phenoxy) is 1. The number of pyridine rings is 1. The fourth-order valence-corrected chi connectivity index (χ4v) is 2.15. The van der Waals surface area contributed by atoms with Crippen LogP contribution in [0.5, 0.6) is 0 Å². The third-order valence-electron chi connectivity index (χ3n) is 3.51. The Hall–Kier alpha value is -4.15. The first kappa shape index (κ1) is 23.9. The molecule has 160 valence electrons. The number of carbonyl (C=O) groups is 3. The number of aromatic nitrogens is 1. The number of nitrogens with one attached hydrogen (secondary N) is 1. The lowest BCUT2D eigenvalue weighted by Gasteiger charge is -2.15. The molecular formula is C19H21FN4O6. The Labute approximate surface area is 171 Å². The van der Waals surface area contributed by atoms with Gasteiger partial charge in [0.05, 0.1) is 18.0 Å². The number of nitrogens with zero attached hydrogens (tertiary/aromatic N) is 1. The second-order valence-corrected chi connectivity index (χ2v) is 5.62. The summed E-state index contributed by atoms with van der Waals surface area (Å²) in [5.41, 5.74) is 14.2. The van der Waals surface area contributed by atoms with Gasteiger partial charge >= 0.3 is 18.0 Å². The standard InChI is InChI=1S/C15H17FN4O2.C4H4O4/c1-3-22-15(21)20-13-11(17)8(2)12(19-14(13)18)9-4-6-10(16)7-5-9;5-3(6)1-2-4(7)8/h4-7H,3H2,1-2H3,(H,20,21)(H4,17,18,19);1-2H,(H,5,6)(H,7,8). The first-order chi connectivity index (χ1) is 14.1. The Balaban J connectivity index is 0.000000479. The number of amides is 1. The van der Waals surface area contributed by atoms with E-state index in [1.54, 1.807) is 26.0 Å². The van der Waals surface area contributed by atoms with Crippen LogP contribution in [0.15, 0.2) is 36.4 Å². The van der Waals surface area contributed by atoms with Crippen LogP contribution < -0.4 is 16.8 Å². The molecule has 0 saturated carbocycles. The molecule has 0 atom stereocenters. The molecule has 2 aromatic rings. The number of anilines is 3. The first-order valence-corrected chi connectivity index (χ1v) is 8.46. The summed E-state index contributed by atoms with van der Waals surface area (Å²) >= 11 is 0. The van der Waals surface area contributed by atoms with E-state index in [2.05, 4.69) is 10.3 Å². The molecule has 7 N–H and O–H groups in total. The van der Waals surface area contributed by atoms with Gasteiger partial charge in [-0.05, 0) is 38.1 Å². The summed E-state index contributed by atoms with van der Waals surface area (Å²) in [6.45, 7) is 3.66. The van der Waals surface area contributed by atoms with E-state index in [4.69, 9.17) is 26.4 Å². The number of carboxylic acid groups (broad SMARTS) is 2. The summed E-state index contributed by atoms with van der Waals surface area (Å²) in [4.78, 5) is 34.9. The molecule has 0 spiro atoms. The number of carboxylic acids is 2. The van der Waals surface area contributed by atoms with Crippen LogP contribution in [0, 0.1) is 12.7 Å². The average molecular weight is 420 g/mol. The monoisotopic (exact) mass is 420 g/mol. The number of hydrogen-bond donors (Lipinski definition) is 5. The molecule has 10 nitrogen and oxygen atoms in total. The number of nitrogens with two attached hydrogens (primary N) is 2. The number of carbonyl (C=O) groups excluding carboxylic acids is 1. The highest BCUT2D eigenvalue weighted by Gasteiger charge is 2.17. The van der Waals surface area contributed by atoms with Crippen LogP contribution >= 0.6 is 0 Å². The lowest BCUT2D eigenvalue weighted by atomic mass is 10.0. The Bertz CT molecular complexity index is 944. The van der Waals surface area contributed by atoms with Gasteiger partial charge in [0, 0.05) is 23.3 Å². The van der Waals surface area contributed by atoms with Crippen molar-refractivity contribution in [3.63, 3.8) is 0 Å². The summed E-state index contributed by atoms with van der Waals surface area (Å²) < 4.78 is 17.8. The van der Waals surface area contributed by atoms with Gasteiger partial charge in [0.2, 0.25) is 0 Å². The number of nitrogen functional groups attached to an aromatic ring is 2. The highest BCUT2D eigenvalue weighted by molar-refractivity contribution is 5.95. The molecule has 1 heterocycles.